The van der Waals surface area contributed by atoms with Crippen LogP contribution in [0.25, 0.3) is 0 Å². The van der Waals surface area contributed by atoms with E-state index in [2.05, 4.69) is 25.5 Å². The second-order valence-electron chi connectivity index (χ2n) is 6.46. The Morgan fingerprint density at radius 1 is 1.26 bits per heavy atom. The summed E-state index contributed by atoms with van der Waals surface area (Å²) in [4.78, 5) is 2.53. The summed E-state index contributed by atoms with van der Waals surface area (Å²) in [6, 6.07) is 7.48. The number of halogens is 1. The zero-order chi connectivity index (χ0) is 15.4. The fourth-order valence-corrected chi connectivity index (χ4v) is 5.02. The molecule has 1 aliphatic carbocycles. The van der Waals surface area contributed by atoms with Crippen molar-refractivity contribution in [1.82, 2.24) is 13.6 Å². The third kappa shape index (κ3) is 2.02. The Morgan fingerprint density at radius 2 is 2.04 bits per heavy atom. The molecule has 3 saturated heterocycles. The number of hydrogen-bond donors (Lipinski definition) is 0. The van der Waals surface area contributed by atoms with Gasteiger partial charge < -0.3 is 9.64 Å². The molecule has 23 heavy (non-hydrogen) atoms. The van der Waals surface area contributed by atoms with E-state index in [1.165, 1.54) is 24.8 Å². The highest BCUT2D eigenvalue weighted by atomic mass is 35.5. The van der Waals surface area contributed by atoms with Gasteiger partial charge in [-0.05, 0) is 36.1 Å². The highest BCUT2D eigenvalue weighted by Crippen LogP contribution is 2.70. The lowest BCUT2D eigenvalue weighted by molar-refractivity contribution is 0.348. The van der Waals surface area contributed by atoms with Crippen LogP contribution in [-0.2, 0) is 5.41 Å². The van der Waals surface area contributed by atoms with Crippen LogP contribution in [0.4, 0.5) is 0 Å². The van der Waals surface area contributed by atoms with Crippen LogP contribution < -0.4 is 4.74 Å². The van der Waals surface area contributed by atoms with Crippen molar-refractivity contribution in [3.05, 3.63) is 40.5 Å². The molecule has 1 aromatic heterocycles. The van der Waals surface area contributed by atoms with E-state index >= 15 is 0 Å². The topological polar surface area (TPSA) is 38.3 Å². The number of ether oxygens (including phenoxy) is 1. The van der Waals surface area contributed by atoms with E-state index in [9.17, 15) is 0 Å². The van der Waals surface area contributed by atoms with Crippen LogP contribution >= 0.6 is 23.3 Å². The van der Waals surface area contributed by atoms with Gasteiger partial charge in [0, 0.05) is 35.6 Å². The minimum Gasteiger partial charge on any atom is -0.463 e. The van der Waals surface area contributed by atoms with Gasteiger partial charge in [-0.15, -0.1) is 4.37 Å². The molecule has 4 atom stereocenters. The molecule has 6 heteroatoms. The smallest absolute Gasteiger partial charge is 0.250 e. The molecule has 2 aromatic rings. The molecule has 0 radical (unpaired) electrons. The van der Waals surface area contributed by atoms with Crippen molar-refractivity contribution < 1.29 is 4.74 Å². The second kappa shape index (κ2) is 4.94. The van der Waals surface area contributed by atoms with Gasteiger partial charge in [0.25, 0.3) is 5.88 Å². The lowest BCUT2D eigenvalue weighted by Crippen LogP contribution is -2.17. The Morgan fingerprint density at radius 3 is 2.74 bits per heavy atom. The molecule has 6 rings (SSSR count). The molecule has 0 amide bonds. The average molecular weight is 344 g/mol. The largest absolute Gasteiger partial charge is 0.463 e. The summed E-state index contributed by atoms with van der Waals surface area (Å²) in [7, 11) is 0. The predicted octanol–water partition coefficient (Wildman–Crippen LogP) is 2.44. The van der Waals surface area contributed by atoms with Gasteiger partial charge in [0.1, 0.15) is 5.69 Å². The lowest BCUT2D eigenvalue weighted by Gasteiger charge is -2.09. The van der Waals surface area contributed by atoms with Gasteiger partial charge in [0.2, 0.25) is 0 Å². The van der Waals surface area contributed by atoms with E-state index in [1.807, 2.05) is 24.3 Å². The Labute approximate surface area is 143 Å². The van der Waals surface area contributed by atoms with Crippen molar-refractivity contribution in [2.24, 2.45) is 11.8 Å². The Kier molecular flexibility index (Phi) is 2.96. The van der Waals surface area contributed by atoms with E-state index in [4.69, 9.17) is 16.3 Å². The van der Waals surface area contributed by atoms with Crippen molar-refractivity contribution in [2.75, 3.05) is 26.2 Å². The number of aromatic nitrogens is 2. The van der Waals surface area contributed by atoms with Crippen LogP contribution in [0.5, 0.6) is 5.88 Å². The number of benzene rings is 1. The quantitative estimate of drug-likeness (QED) is 0.802. The fourth-order valence-electron chi connectivity index (χ4n) is 4.31. The Balaban J connectivity index is 1.28. The first-order valence-electron chi connectivity index (χ1n) is 7.70. The predicted molar refractivity (Wildman–Crippen MR) is 88.8 cm³/mol. The van der Waals surface area contributed by atoms with Gasteiger partial charge in [-0.1, -0.05) is 23.4 Å². The maximum Gasteiger partial charge on any atom is 0.250 e. The van der Waals surface area contributed by atoms with E-state index in [1.54, 1.807) is 0 Å². The molecular formula is C17H14ClN3OS. The van der Waals surface area contributed by atoms with Crippen LogP contribution in [0.15, 0.2) is 24.3 Å². The summed E-state index contributed by atoms with van der Waals surface area (Å²) in [5.74, 6) is 8.35. The SMILES string of the molecule is Clc1ccc(C#CCOc2nsnc2C23CN4C[C@@H]2[C@@H]3C4)cc1. The summed E-state index contributed by atoms with van der Waals surface area (Å²) >= 11 is 7.11. The number of hydrogen-bond acceptors (Lipinski definition) is 5. The summed E-state index contributed by atoms with van der Waals surface area (Å²) in [5, 5.41) is 0.717. The molecule has 4 bridgehead atoms. The fraction of sp³-hybridized carbons (Fsp3) is 0.412. The normalized spacial score (nSPS) is 32.5. The van der Waals surface area contributed by atoms with Crippen LogP contribution in [-0.4, -0.2) is 39.9 Å². The number of rotatable bonds is 3. The Bertz CT molecular complexity index is 810. The first-order chi connectivity index (χ1) is 11.3. The summed E-state index contributed by atoms with van der Waals surface area (Å²) in [5.41, 5.74) is 2.25. The molecule has 4 nitrogen and oxygen atoms in total. The molecule has 3 aliphatic heterocycles. The van der Waals surface area contributed by atoms with Gasteiger partial charge >= 0.3 is 0 Å². The zero-order valence-electron chi connectivity index (χ0n) is 12.3. The van der Waals surface area contributed by atoms with Crippen molar-refractivity contribution in [2.45, 2.75) is 5.41 Å². The maximum atomic E-state index is 5.86. The monoisotopic (exact) mass is 343 g/mol. The van der Waals surface area contributed by atoms with Gasteiger partial charge in [0.05, 0.1) is 11.7 Å². The zero-order valence-corrected chi connectivity index (χ0v) is 13.9. The van der Waals surface area contributed by atoms with Crippen molar-refractivity contribution in [3.63, 3.8) is 0 Å². The highest BCUT2D eigenvalue weighted by molar-refractivity contribution is 6.99. The van der Waals surface area contributed by atoms with E-state index in [0.717, 1.165) is 29.6 Å². The highest BCUT2D eigenvalue weighted by Gasteiger charge is 2.76. The van der Waals surface area contributed by atoms with Crippen LogP contribution in [0.2, 0.25) is 5.02 Å². The third-order valence-corrected chi connectivity index (χ3v) is 6.12. The van der Waals surface area contributed by atoms with Gasteiger partial charge in [0.15, 0.2) is 6.61 Å². The summed E-state index contributed by atoms with van der Waals surface area (Å²) in [6.45, 7) is 3.90. The van der Waals surface area contributed by atoms with Gasteiger partial charge in [-0.3, -0.25) is 0 Å². The lowest BCUT2D eigenvalue weighted by atomic mass is 10.0. The maximum absolute atomic E-state index is 5.86. The molecule has 0 spiro atoms. The molecule has 2 unspecified atom stereocenters. The van der Waals surface area contributed by atoms with Crippen LogP contribution in [0.3, 0.4) is 0 Å². The number of piperidine rings is 3. The summed E-state index contributed by atoms with van der Waals surface area (Å²) in [6.07, 6.45) is 0. The van der Waals surface area contributed by atoms with Gasteiger partial charge in [-0.2, -0.15) is 4.37 Å². The average Bonchev–Trinajstić information content (AvgIpc) is 3.15. The first-order valence-corrected chi connectivity index (χ1v) is 8.81. The van der Waals surface area contributed by atoms with E-state index in [-0.39, 0.29) is 5.41 Å². The molecule has 4 heterocycles. The minimum atomic E-state index is 0.242. The van der Waals surface area contributed by atoms with Gasteiger partial charge in [-0.25, -0.2) is 0 Å². The van der Waals surface area contributed by atoms with Crippen LogP contribution in [0, 0.1) is 23.7 Å². The van der Waals surface area contributed by atoms with Crippen molar-refractivity contribution >= 4 is 23.3 Å². The third-order valence-electron chi connectivity index (χ3n) is 5.35. The van der Waals surface area contributed by atoms with E-state index < -0.39 is 0 Å². The molecule has 4 fully saturated rings. The van der Waals surface area contributed by atoms with Crippen molar-refractivity contribution in [1.29, 1.82) is 0 Å². The molecule has 0 N–H and O–H groups in total. The molecule has 116 valence electrons. The second-order valence-corrected chi connectivity index (χ2v) is 7.43. The number of nitrogens with zero attached hydrogens (tertiary/aromatic N) is 3. The minimum absolute atomic E-state index is 0.242. The molecule has 4 aliphatic rings. The summed E-state index contributed by atoms with van der Waals surface area (Å²) < 4.78 is 14.7. The molecular weight excluding hydrogens is 330 g/mol. The Hall–Kier alpha value is -1.61. The van der Waals surface area contributed by atoms with Crippen molar-refractivity contribution in [3.8, 4) is 17.7 Å². The first kappa shape index (κ1) is 13.8. The van der Waals surface area contributed by atoms with E-state index in [0.29, 0.717) is 17.5 Å². The van der Waals surface area contributed by atoms with Crippen LogP contribution in [0.1, 0.15) is 11.3 Å². The standard InChI is InChI=1S/C17H14ClN3OS/c18-12-5-3-11(4-6-12)2-1-7-22-16-15(19-23-20-16)17-10-21-8-13(17)14(17)9-21/h3-6,13-14H,7-10H2/t13-,14+,17?. The molecule has 1 saturated carbocycles. The molecule has 1 aromatic carbocycles.